The fraction of sp³-hybridized carbons (Fsp3) is 0.208. The van der Waals surface area contributed by atoms with Crippen LogP contribution >= 0.6 is 11.6 Å². The van der Waals surface area contributed by atoms with Crippen molar-refractivity contribution in [3.8, 4) is 5.75 Å². The number of rotatable bonds is 9. The monoisotopic (exact) mass is 472 g/mol. The summed E-state index contributed by atoms with van der Waals surface area (Å²) in [5.74, 6) is 0.203. The Hall–Kier alpha value is -3.03. The molecule has 0 spiro atoms. The highest BCUT2D eigenvalue weighted by Gasteiger charge is 2.27. The average molecular weight is 473 g/mol. The third kappa shape index (κ3) is 5.81. The number of sulfonamides is 1. The summed E-state index contributed by atoms with van der Waals surface area (Å²) in [6, 6.07) is 22.2. The van der Waals surface area contributed by atoms with Gasteiger partial charge in [0.15, 0.2) is 0 Å². The fourth-order valence-corrected chi connectivity index (χ4v) is 4.77. The van der Waals surface area contributed by atoms with E-state index in [4.69, 9.17) is 16.3 Å². The number of hydrogen-bond donors (Lipinski definition) is 1. The van der Waals surface area contributed by atoms with Gasteiger partial charge < -0.3 is 10.1 Å². The number of carbonyl (C=O) groups excluding carboxylic acids is 1. The predicted octanol–water partition coefficient (Wildman–Crippen LogP) is 4.46. The second-order valence-corrected chi connectivity index (χ2v) is 9.58. The van der Waals surface area contributed by atoms with Crippen LogP contribution in [0.15, 0.2) is 83.8 Å². The molecule has 3 aromatic rings. The molecule has 8 heteroatoms. The number of nitrogens with one attached hydrogen (secondary N) is 1. The lowest BCUT2D eigenvalue weighted by Gasteiger charge is -2.25. The summed E-state index contributed by atoms with van der Waals surface area (Å²) in [6.07, 6.45) is 0. The topological polar surface area (TPSA) is 75.7 Å². The first kappa shape index (κ1) is 23.6. The molecule has 3 aromatic carbocycles. The first-order valence-electron chi connectivity index (χ1n) is 10.1. The number of halogens is 1. The summed E-state index contributed by atoms with van der Waals surface area (Å²) in [4.78, 5) is 12.8. The van der Waals surface area contributed by atoms with Crippen LogP contribution in [0.3, 0.4) is 0 Å². The van der Waals surface area contributed by atoms with Gasteiger partial charge in [0.05, 0.1) is 17.7 Å². The van der Waals surface area contributed by atoms with Gasteiger partial charge in [0, 0.05) is 11.6 Å². The number of carbonyl (C=O) groups is 1. The predicted molar refractivity (Wildman–Crippen MR) is 127 cm³/mol. The third-order valence-corrected chi connectivity index (χ3v) is 7.03. The molecule has 0 fully saturated rings. The van der Waals surface area contributed by atoms with Crippen molar-refractivity contribution in [1.29, 1.82) is 0 Å². The zero-order chi connectivity index (χ0) is 23.1. The van der Waals surface area contributed by atoms with Gasteiger partial charge in [-0.3, -0.25) is 9.10 Å². The van der Waals surface area contributed by atoms with Gasteiger partial charge in [-0.25, -0.2) is 8.42 Å². The molecule has 6 nitrogen and oxygen atoms in total. The van der Waals surface area contributed by atoms with Crippen molar-refractivity contribution in [3.63, 3.8) is 0 Å². The van der Waals surface area contributed by atoms with Crippen LogP contribution in [0, 0.1) is 0 Å². The van der Waals surface area contributed by atoms with Crippen LogP contribution in [-0.4, -0.2) is 34.5 Å². The van der Waals surface area contributed by atoms with E-state index in [1.165, 1.54) is 25.3 Å². The van der Waals surface area contributed by atoms with Gasteiger partial charge in [0.2, 0.25) is 5.91 Å². The summed E-state index contributed by atoms with van der Waals surface area (Å²) in [5, 5.41) is 3.21. The normalized spacial score (nSPS) is 12.1. The zero-order valence-electron chi connectivity index (χ0n) is 17.9. The summed E-state index contributed by atoms with van der Waals surface area (Å²) in [7, 11) is -2.52. The van der Waals surface area contributed by atoms with Crippen molar-refractivity contribution < 1.29 is 17.9 Å². The molecule has 0 unspecified atom stereocenters. The highest BCUT2D eigenvalue weighted by molar-refractivity contribution is 7.92. The molecule has 0 aliphatic rings. The molecule has 0 aliphatic carbocycles. The molecule has 168 valence electrons. The summed E-state index contributed by atoms with van der Waals surface area (Å²) < 4.78 is 33.0. The molecule has 0 saturated heterocycles. The number of methoxy groups -OCH3 is 1. The molecule has 1 atom stereocenters. The van der Waals surface area contributed by atoms with Gasteiger partial charge in [-0.05, 0) is 53.9 Å². The second-order valence-electron chi connectivity index (χ2n) is 7.28. The molecule has 0 aromatic heterocycles. The highest BCUT2D eigenvalue weighted by Crippen LogP contribution is 2.27. The molecule has 32 heavy (non-hydrogen) atoms. The number of nitrogens with zero attached hydrogens (tertiary/aromatic N) is 1. The highest BCUT2D eigenvalue weighted by atomic mass is 35.5. The Morgan fingerprint density at radius 1 is 1.03 bits per heavy atom. The van der Waals surface area contributed by atoms with Crippen LogP contribution < -0.4 is 14.4 Å². The fourth-order valence-electron chi connectivity index (χ4n) is 3.17. The van der Waals surface area contributed by atoms with E-state index in [1.54, 1.807) is 30.3 Å². The maximum absolute atomic E-state index is 13.4. The number of amides is 1. The van der Waals surface area contributed by atoms with E-state index >= 15 is 0 Å². The molecule has 1 N–H and O–H groups in total. The van der Waals surface area contributed by atoms with Crippen molar-refractivity contribution in [3.05, 3.63) is 89.4 Å². The maximum Gasteiger partial charge on any atom is 0.264 e. The van der Waals surface area contributed by atoms with Crippen molar-refractivity contribution in [2.45, 2.75) is 17.7 Å². The smallest absolute Gasteiger partial charge is 0.264 e. The minimum absolute atomic E-state index is 0.0451. The number of anilines is 1. The molecular formula is C24H25ClN2O4S. The van der Waals surface area contributed by atoms with Gasteiger partial charge >= 0.3 is 0 Å². The second kappa shape index (κ2) is 10.5. The Balaban J connectivity index is 1.82. The van der Waals surface area contributed by atoms with Crippen LogP contribution in [0.5, 0.6) is 5.75 Å². The van der Waals surface area contributed by atoms with E-state index in [2.05, 4.69) is 5.32 Å². The largest absolute Gasteiger partial charge is 0.497 e. The van der Waals surface area contributed by atoms with Gasteiger partial charge in [-0.2, -0.15) is 0 Å². The number of ether oxygens (including phenoxy) is 1. The molecule has 0 aliphatic heterocycles. The molecular weight excluding hydrogens is 448 g/mol. The summed E-state index contributed by atoms with van der Waals surface area (Å²) in [5.41, 5.74) is 1.39. The van der Waals surface area contributed by atoms with Crippen LogP contribution in [0.4, 0.5) is 5.69 Å². The Morgan fingerprint density at radius 3 is 2.34 bits per heavy atom. The van der Waals surface area contributed by atoms with Crippen LogP contribution in [-0.2, 0) is 14.8 Å². The first-order chi connectivity index (χ1) is 15.3. The Labute approximate surface area is 193 Å². The van der Waals surface area contributed by atoms with Gasteiger partial charge in [-0.15, -0.1) is 0 Å². The first-order valence-corrected chi connectivity index (χ1v) is 11.9. The molecule has 0 saturated carbocycles. The Bertz CT molecular complexity index is 1150. The van der Waals surface area contributed by atoms with E-state index < -0.39 is 15.9 Å². The lowest BCUT2D eigenvalue weighted by atomic mass is 10.0. The lowest BCUT2D eigenvalue weighted by molar-refractivity contribution is -0.119. The van der Waals surface area contributed by atoms with E-state index in [0.29, 0.717) is 23.0 Å². The van der Waals surface area contributed by atoms with Crippen molar-refractivity contribution >= 4 is 33.2 Å². The van der Waals surface area contributed by atoms with Gasteiger partial charge in [0.1, 0.15) is 12.3 Å². The minimum Gasteiger partial charge on any atom is -0.497 e. The van der Waals surface area contributed by atoms with Gasteiger partial charge in [-0.1, -0.05) is 54.9 Å². The van der Waals surface area contributed by atoms with Crippen LogP contribution in [0.25, 0.3) is 0 Å². The molecule has 1 amide bonds. The van der Waals surface area contributed by atoms with Crippen LogP contribution in [0.2, 0.25) is 5.02 Å². The van der Waals surface area contributed by atoms with E-state index in [9.17, 15) is 13.2 Å². The van der Waals surface area contributed by atoms with Gasteiger partial charge in [0.25, 0.3) is 10.0 Å². The Morgan fingerprint density at radius 2 is 1.72 bits per heavy atom. The van der Waals surface area contributed by atoms with Crippen molar-refractivity contribution in [1.82, 2.24) is 5.32 Å². The summed E-state index contributed by atoms with van der Waals surface area (Å²) in [6.45, 7) is 2.00. The maximum atomic E-state index is 13.4. The number of hydrogen-bond acceptors (Lipinski definition) is 4. The third-order valence-electron chi connectivity index (χ3n) is 5.00. The quantitative estimate of drug-likeness (QED) is 0.498. The molecule has 3 rings (SSSR count). The standard InChI is InChI=1S/C24H25ClN2O4S/c1-18(19-7-4-3-5-8-19)16-26-24(28)17-27(21-10-6-9-20(25)15-21)32(29,30)23-13-11-22(31-2)12-14-23/h3-15,18H,16-17H2,1-2H3,(H,26,28)/t18-/m1/s1. The van der Waals surface area contributed by atoms with E-state index in [0.717, 1.165) is 9.87 Å². The Kier molecular flexibility index (Phi) is 7.77. The van der Waals surface area contributed by atoms with E-state index in [-0.39, 0.29) is 17.4 Å². The van der Waals surface area contributed by atoms with Crippen molar-refractivity contribution in [2.24, 2.45) is 0 Å². The summed E-state index contributed by atoms with van der Waals surface area (Å²) >= 11 is 6.09. The van der Waals surface area contributed by atoms with E-state index in [1.807, 2.05) is 37.3 Å². The van der Waals surface area contributed by atoms with Crippen molar-refractivity contribution in [2.75, 3.05) is 24.5 Å². The molecule has 0 bridgehead atoms. The molecule has 0 radical (unpaired) electrons. The lowest BCUT2D eigenvalue weighted by Crippen LogP contribution is -2.41. The SMILES string of the molecule is COc1ccc(S(=O)(=O)N(CC(=O)NC[C@@H](C)c2ccccc2)c2cccc(Cl)c2)cc1. The van der Waals surface area contributed by atoms with Crippen LogP contribution in [0.1, 0.15) is 18.4 Å². The zero-order valence-corrected chi connectivity index (χ0v) is 19.4. The average Bonchev–Trinajstić information content (AvgIpc) is 2.81. The minimum atomic E-state index is -4.02. The molecule has 0 heterocycles. The number of benzene rings is 3.